The van der Waals surface area contributed by atoms with Crippen LogP contribution in [0.5, 0.6) is 0 Å². The Morgan fingerprint density at radius 2 is 1.73 bits per heavy atom. The Labute approximate surface area is 87.9 Å². The van der Waals surface area contributed by atoms with Gasteiger partial charge in [-0.25, -0.2) is 0 Å². The molecule has 0 amide bonds. The summed E-state index contributed by atoms with van der Waals surface area (Å²) in [4.78, 5) is 0. The van der Waals surface area contributed by atoms with Gasteiger partial charge >= 0.3 is 0 Å². The summed E-state index contributed by atoms with van der Waals surface area (Å²) in [5.41, 5.74) is 1.74. The molecule has 0 aliphatic rings. The van der Waals surface area contributed by atoms with Crippen LogP contribution in [0, 0.1) is 0 Å². The summed E-state index contributed by atoms with van der Waals surface area (Å²) >= 11 is 0. The maximum Gasteiger partial charge on any atom is 0.172 e. The lowest BCUT2D eigenvalue weighted by Crippen LogP contribution is -2.19. The van der Waals surface area contributed by atoms with Crippen molar-refractivity contribution in [3.8, 4) is 0 Å². The third-order valence-electron chi connectivity index (χ3n) is 2.21. The van der Waals surface area contributed by atoms with Gasteiger partial charge in [-0.2, -0.15) is 0 Å². The first-order valence-electron chi connectivity index (χ1n) is 4.77. The van der Waals surface area contributed by atoms with E-state index in [-0.39, 0.29) is 0 Å². The molecule has 3 heteroatoms. The lowest BCUT2D eigenvalue weighted by atomic mass is 10.2. The first-order valence-corrected chi connectivity index (χ1v) is 4.77. The molecule has 0 radical (unpaired) electrons. The third kappa shape index (κ3) is 2.26. The molecule has 1 N–H and O–H groups in total. The highest BCUT2D eigenvalue weighted by molar-refractivity contribution is 5.15. The fourth-order valence-corrected chi connectivity index (χ4v) is 1.47. The molecule has 2 rings (SSSR count). The van der Waals surface area contributed by atoms with E-state index in [1.165, 1.54) is 5.56 Å². The van der Waals surface area contributed by atoms with Crippen LogP contribution >= 0.6 is 0 Å². The van der Waals surface area contributed by atoms with E-state index in [1.807, 2.05) is 53.2 Å². The van der Waals surface area contributed by atoms with Gasteiger partial charge in [-0.15, -0.1) is 0 Å². The van der Waals surface area contributed by atoms with Crippen LogP contribution in [0.25, 0.3) is 0 Å². The van der Waals surface area contributed by atoms with E-state index in [4.69, 9.17) is 5.21 Å². The number of hydrogen-bond acceptors (Lipinski definition) is 2. The molecular weight excluding hydrogens is 188 g/mol. The molecule has 0 bridgehead atoms. The van der Waals surface area contributed by atoms with Crippen LogP contribution in [0.1, 0.15) is 5.56 Å². The molecule has 15 heavy (non-hydrogen) atoms. The quantitative estimate of drug-likeness (QED) is 0.582. The predicted molar refractivity (Wildman–Crippen MR) is 57.3 cm³/mol. The standard InChI is InChI=1S/C12H12N2O/c15-13-12-8-4-5-9-14(12)10-11-6-2-1-3-7-11/h1-9,15H,10H2/b13-12+. The Balaban J connectivity index is 2.33. The van der Waals surface area contributed by atoms with E-state index >= 15 is 0 Å². The molecule has 0 atom stereocenters. The van der Waals surface area contributed by atoms with Gasteiger partial charge in [0, 0.05) is 12.7 Å². The van der Waals surface area contributed by atoms with Gasteiger partial charge in [0.25, 0.3) is 0 Å². The third-order valence-corrected chi connectivity index (χ3v) is 2.21. The molecule has 0 saturated heterocycles. The second-order valence-corrected chi connectivity index (χ2v) is 3.27. The van der Waals surface area contributed by atoms with E-state index in [9.17, 15) is 0 Å². The molecule has 0 fully saturated rings. The monoisotopic (exact) mass is 200 g/mol. The molecule has 1 aromatic heterocycles. The Hall–Kier alpha value is -2.03. The molecule has 0 spiro atoms. The van der Waals surface area contributed by atoms with Crippen LogP contribution in [-0.2, 0) is 6.54 Å². The molecule has 2 aromatic rings. The Kier molecular flexibility index (Phi) is 2.83. The van der Waals surface area contributed by atoms with Gasteiger partial charge in [-0.3, -0.25) is 0 Å². The lowest BCUT2D eigenvalue weighted by Gasteiger charge is -2.05. The summed E-state index contributed by atoms with van der Waals surface area (Å²) in [7, 11) is 0. The van der Waals surface area contributed by atoms with Crippen LogP contribution < -0.4 is 5.49 Å². The largest absolute Gasteiger partial charge is 0.409 e. The van der Waals surface area contributed by atoms with Gasteiger partial charge in [-0.1, -0.05) is 41.6 Å². The molecule has 1 aromatic carbocycles. The SMILES string of the molecule is O/N=c1\ccccn1Cc1ccccc1. The highest BCUT2D eigenvalue weighted by atomic mass is 16.4. The molecule has 0 aliphatic heterocycles. The number of aromatic nitrogens is 1. The summed E-state index contributed by atoms with van der Waals surface area (Å²) in [6.07, 6.45) is 1.89. The minimum atomic E-state index is 0.557. The second kappa shape index (κ2) is 4.46. The average Bonchev–Trinajstić information content (AvgIpc) is 2.31. The smallest absolute Gasteiger partial charge is 0.172 e. The van der Waals surface area contributed by atoms with Crippen molar-refractivity contribution < 1.29 is 5.21 Å². The van der Waals surface area contributed by atoms with E-state index in [2.05, 4.69) is 5.16 Å². The van der Waals surface area contributed by atoms with Gasteiger partial charge < -0.3 is 9.77 Å². The van der Waals surface area contributed by atoms with Gasteiger partial charge in [0.2, 0.25) is 0 Å². The molecule has 1 heterocycles. The van der Waals surface area contributed by atoms with Crippen molar-refractivity contribution in [2.24, 2.45) is 5.16 Å². The zero-order valence-corrected chi connectivity index (χ0v) is 8.24. The fraction of sp³-hybridized carbons (Fsp3) is 0.0833. The van der Waals surface area contributed by atoms with E-state index in [0.29, 0.717) is 12.0 Å². The van der Waals surface area contributed by atoms with Crippen LogP contribution in [0.15, 0.2) is 59.9 Å². The van der Waals surface area contributed by atoms with Crippen molar-refractivity contribution in [3.63, 3.8) is 0 Å². The van der Waals surface area contributed by atoms with Crippen LogP contribution in [0.2, 0.25) is 0 Å². The van der Waals surface area contributed by atoms with Crippen LogP contribution in [0.3, 0.4) is 0 Å². The maximum absolute atomic E-state index is 8.80. The Bertz CT molecular complexity index is 488. The topological polar surface area (TPSA) is 37.5 Å². The Morgan fingerprint density at radius 1 is 1.00 bits per heavy atom. The average molecular weight is 200 g/mol. The van der Waals surface area contributed by atoms with Gasteiger partial charge in [0.15, 0.2) is 5.49 Å². The summed E-state index contributed by atoms with van der Waals surface area (Å²) in [6, 6.07) is 15.6. The number of pyridine rings is 1. The summed E-state index contributed by atoms with van der Waals surface area (Å²) in [6.45, 7) is 0.709. The minimum Gasteiger partial charge on any atom is -0.409 e. The number of rotatable bonds is 2. The summed E-state index contributed by atoms with van der Waals surface area (Å²) in [5, 5.41) is 12.0. The molecule has 0 aliphatic carbocycles. The van der Waals surface area contributed by atoms with Crippen molar-refractivity contribution in [2.75, 3.05) is 0 Å². The molecule has 0 saturated carbocycles. The van der Waals surface area contributed by atoms with Crippen LogP contribution in [-0.4, -0.2) is 9.77 Å². The van der Waals surface area contributed by atoms with Crippen molar-refractivity contribution in [2.45, 2.75) is 6.54 Å². The number of benzene rings is 1. The fourth-order valence-electron chi connectivity index (χ4n) is 1.47. The molecule has 3 nitrogen and oxygen atoms in total. The molecule has 0 unspecified atom stereocenters. The van der Waals surface area contributed by atoms with Crippen molar-refractivity contribution in [3.05, 3.63) is 65.8 Å². The highest BCUT2D eigenvalue weighted by Crippen LogP contribution is 1.99. The highest BCUT2D eigenvalue weighted by Gasteiger charge is 1.94. The van der Waals surface area contributed by atoms with Gasteiger partial charge in [-0.05, 0) is 17.7 Å². The summed E-state index contributed by atoms with van der Waals surface area (Å²) < 4.78 is 1.88. The minimum absolute atomic E-state index is 0.557. The molecule has 76 valence electrons. The van der Waals surface area contributed by atoms with E-state index in [0.717, 1.165) is 0 Å². The zero-order chi connectivity index (χ0) is 10.5. The Morgan fingerprint density at radius 3 is 2.47 bits per heavy atom. The molecular formula is C12H12N2O. The predicted octanol–water partition coefficient (Wildman–Crippen LogP) is 1.83. The van der Waals surface area contributed by atoms with Crippen molar-refractivity contribution in [1.82, 2.24) is 4.57 Å². The lowest BCUT2D eigenvalue weighted by molar-refractivity contribution is 0.294. The normalized spacial score (nSPS) is 11.6. The maximum atomic E-state index is 8.80. The van der Waals surface area contributed by atoms with Gasteiger partial charge in [0.05, 0.1) is 0 Å². The first-order chi connectivity index (χ1) is 7.40. The summed E-state index contributed by atoms with van der Waals surface area (Å²) in [5.74, 6) is 0. The van der Waals surface area contributed by atoms with Crippen molar-refractivity contribution in [1.29, 1.82) is 0 Å². The van der Waals surface area contributed by atoms with Crippen LogP contribution in [0.4, 0.5) is 0 Å². The van der Waals surface area contributed by atoms with Gasteiger partial charge in [0.1, 0.15) is 0 Å². The van der Waals surface area contributed by atoms with Crippen molar-refractivity contribution >= 4 is 0 Å². The van der Waals surface area contributed by atoms with E-state index < -0.39 is 0 Å². The first kappa shape index (κ1) is 9.52. The second-order valence-electron chi connectivity index (χ2n) is 3.27. The number of nitrogens with zero attached hydrogens (tertiary/aromatic N) is 2. The number of hydrogen-bond donors (Lipinski definition) is 1. The van der Waals surface area contributed by atoms with E-state index in [1.54, 1.807) is 6.07 Å². The zero-order valence-electron chi connectivity index (χ0n) is 8.24.